The van der Waals surface area contributed by atoms with E-state index in [0.29, 0.717) is 28.6 Å². The van der Waals surface area contributed by atoms with E-state index in [0.717, 1.165) is 5.56 Å². The van der Waals surface area contributed by atoms with Gasteiger partial charge < -0.3 is 9.26 Å². The Morgan fingerprint density at radius 1 is 1.17 bits per heavy atom. The predicted molar refractivity (Wildman–Crippen MR) is 83.1 cm³/mol. The number of rotatable bonds is 4. The zero-order valence-corrected chi connectivity index (χ0v) is 12.5. The maximum absolute atomic E-state index is 10.9. The van der Waals surface area contributed by atoms with Crippen LogP contribution in [-0.2, 0) is 0 Å². The van der Waals surface area contributed by atoms with Crippen LogP contribution in [0.2, 0.25) is 0 Å². The molecular formula is C16H13N3O4. The summed E-state index contributed by atoms with van der Waals surface area (Å²) in [5, 5.41) is 14.8. The van der Waals surface area contributed by atoms with Gasteiger partial charge in [0.05, 0.1) is 12.0 Å². The van der Waals surface area contributed by atoms with Crippen LogP contribution in [-0.4, -0.2) is 22.2 Å². The van der Waals surface area contributed by atoms with E-state index in [4.69, 9.17) is 9.26 Å². The standard InChI is InChI=1S/C16H13N3O4/c1-10-8-12(6-7-14(10)19(20)21)16-17-15(18-23-16)11-4-3-5-13(9-11)22-2/h3-9H,1-2H3. The number of methoxy groups -OCH3 is 1. The molecule has 0 fully saturated rings. The molecule has 0 spiro atoms. The molecule has 0 aliphatic heterocycles. The van der Waals surface area contributed by atoms with Gasteiger partial charge >= 0.3 is 0 Å². The highest BCUT2D eigenvalue weighted by Crippen LogP contribution is 2.27. The van der Waals surface area contributed by atoms with Crippen LogP contribution in [0.15, 0.2) is 47.0 Å². The summed E-state index contributed by atoms with van der Waals surface area (Å²) in [7, 11) is 1.58. The molecule has 0 N–H and O–H groups in total. The third-order valence-electron chi connectivity index (χ3n) is 3.39. The number of nitro benzene ring substituents is 1. The smallest absolute Gasteiger partial charge is 0.272 e. The summed E-state index contributed by atoms with van der Waals surface area (Å²) in [6, 6.07) is 12.0. The Kier molecular flexibility index (Phi) is 3.76. The lowest BCUT2D eigenvalue weighted by Gasteiger charge is -2.00. The molecule has 0 radical (unpaired) electrons. The van der Waals surface area contributed by atoms with Crippen LogP contribution < -0.4 is 4.74 Å². The van der Waals surface area contributed by atoms with Gasteiger partial charge in [-0.05, 0) is 31.2 Å². The summed E-state index contributed by atoms with van der Waals surface area (Å²) in [6.07, 6.45) is 0. The molecule has 7 nitrogen and oxygen atoms in total. The highest BCUT2D eigenvalue weighted by atomic mass is 16.6. The van der Waals surface area contributed by atoms with Gasteiger partial charge in [0.15, 0.2) is 0 Å². The zero-order chi connectivity index (χ0) is 16.4. The van der Waals surface area contributed by atoms with E-state index in [9.17, 15) is 10.1 Å². The van der Waals surface area contributed by atoms with Crippen LogP contribution >= 0.6 is 0 Å². The van der Waals surface area contributed by atoms with Crippen molar-refractivity contribution in [2.24, 2.45) is 0 Å². The topological polar surface area (TPSA) is 91.3 Å². The molecule has 3 aromatic rings. The largest absolute Gasteiger partial charge is 0.497 e. The second-order valence-corrected chi connectivity index (χ2v) is 4.91. The molecule has 0 saturated heterocycles. The van der Waals surface area contributed by atoms with Crippen molar-refractivity contribution in [2.75, 3.05) is 7.11 Å². The van der Waals surface area contributed by atoms with Gasteiger partial charge in [-0.1, -0.05) is 17.3 Å². The Labute approximate surface area is 131 Å². The first-order valence-corrected chi connectivity index (χ1v) is 6.82. The first-order valence-electron chi connectivity index (χ1n) is 6.82. The summed E-state index contributed by atoms with van der Waals surface area (Å²) in [5.41, 5.74) is 1.99. The van der Waals surface area contributed by atoms with Crippen LogP contribution in [0, 0.1) is 17.0 Å². The summed E-state index contributed by atoms with van der Waals surface area (Å²) in [4.78, 5) is 14.8. The predicted octanol–water partition coefficient (Wildman–Crippen LogP) is 3.63. The van der Waals surface area contributed by atoms with E-state index in [2.05, 4.69) is 10.1 Å². The summed E-state index contributed by atoms with van der Waals surface area (Å²) >= 11 is 0. The minimum atomic E-state index is -0.422. The number of benzene rings is 2. The SMILES string of the molecule is COc1cccc(-c2noc(-c3ccc([N+](=O)[O-])c(C)c3)n2)c1. The van der Waals surface area contributed by atoms with Gasteiger partial charge in [0.1, 0.15) is 5.75 Å². The average molecular weight is 311 g/mol. The Balaban J connectivity index is 1.95. The molecule has 1 aromatic heterocycles. The number of nitrogens with zero attached hydrogens (tertiary/aromatic N) is 3. The van der Waals surface area contributed by atoms with Crippen molar-refractivity contribution in [3.63, 3.8) is 0 Å². The molecule has 116 valence electrons. The van der Waals surface area contributed by atoms with Gasteiger partial charge in [0, 0.05) is 22.8 Å². The first-order chi connectivity index (χ1) is 11.1. The van der Waals surface area contributed by atoms with E-state index < -0.39 is 4.92 Å². The second kappa shape index (κ2) is 5.88. The lowest BCUT2D eigenvalue weighted by molar-refractivity contribution is -0.385. The Bertz CT molecular complexity index is 873. The van der Waals surface area contributed by atoms with E-state index >= 15 is 0 Å². The molecule has 23 heavy (non-hydrogen) atoms. The van der Waals surface area contributed by atoms with Crippen molar-refractivity contribution < 1.29 is 14.2 Å². The van der Waals surface area contributed by atoms with E-state index in [-0.39, 0.29) is 5.69 Å². The number of aryl methyl sites for hydroxylation is 1. The molecule has 0 amide bonds. The summed E-state index contributed by atoms with van der Waals surface area (Å²) < 4.78 is 10.4. The van der Waals surface area contributed by atoms with Crippen molar-refractivity contribution >= 4 is 5.69 Å². The Morgan fingerprint density at radius 3 is 2.70 bits per heavy atom. The third-order valence-corrected chi connectivity index (χ3v) is 3.39. The Morgan fingerprint density at radius 2 is 2.00 bits per heavy atom. The third kappa shape index (κ3) is 2.89. The molecule has 3 rings (SSSR count). The normalized spacial score (nSPS) is 10.5. The lowest BCUT2D eigenvalue weighted by atomic mass is 10.1. The fraction of sp³-hybridized carbons (Fsp3) is 0.125. The molecule has 0 atom stereocenters. The van der Waals surface area contributed by atoms with E-state index in [1.165, 1.54) is 6.07 Å². The van der Waals surface area contributed by atoms with Crippen LogP contribution in [0.5, 0.6) is 5.75 Å². The van der Waals surface area contributed by atoms with Gasteiger partial charge in [0.2, 0.25) is 5.82 Å². The van der Waals surface area contributed by atoms with Crippen LogP contribution in [0.4, 0.5) is 5.69 Å². The molecule has 0 aliphatic rings. The van der Waals surface area contributed by atoms with Gasteiger partial charge in [-0.3, -0.25) is 10.1 Å². The number of hydrogen-bond donors (Lipinski definition) is 0. The first kappa shape index (κ1) is 14.7. The van der Waals surface area contributed by atoms with Gasteiger partial charge in [-0.15, -0.1) is 0 Å². The summed E-state index contributed by atoms with van der Waals surface area (Å²) in [5.74, 6) is 1.43. The highest BCUT2D eigenvalue weighted by Gasteiger charge is 2.15. The van der Waals surface area contributed by atoms with Crippen molar-refractivity contribution in [3.05, 3.63) is 58.1 Å². The fourth-order valence-electron chi connectivity index (χ4n) is 2.21. The average Bonchev–Trinajstić information content (AvgIpc) is 3.04. The van der Waals surface area contributed by atoms with Gasteiger partial charge in [-0.2, -0.15) is 4.98 Å². The zero-order valence-electron chi connectivity index (χ0n) is 12.5. The minimum Gasteiger partial charge on any atom is -0.497 e. The van der Waals surface area contributed by atoms with Crippen molar-refractivity contribution in [1.82, 2.24) is 10.1 Å². The van der Waals surface area contributed by atoms with Crippen LogP contribution in [0.25, 0.3) is 22.8 Å². The van der Waals surface area contributed by atoms with Crippen molar-refractivity contribution in [1.29, 1.82) is 0 Å². The van der Waals surface area contributed by atoms with Gasteiger partial charge in [0.25, 0.3) is 11.6 Å². The molecule has 0 bridgehead atoms. The summed E-state index contributed by atoms with van der Waals surface area (Å²) in [6.45, 7) is 1.67. The fourth-order valence-corrected chi connectivity index (χ4v) is 2.21. The molecule has 0 unspecified atom stereocenters. The number of aromatic nitrogens is 2. The van der Waals surface area contributed by atoms with Crippen LogP contribution in [0.1, 0.15) is 5.56 Å². The van der Waals surface area contributed by atoms with E-state index in [1.807, 2.05) is 18.2 Å². The van der Waals surface area contributed by atoms with Crippen molar-refractivity contribution in [2.45, 2.75) is 6.92 Å². The molecule has 0 aliphatic carbocycles. The Hall–Kier alpha value is -3.22. The molecule has 7 heteroatoms. The van der Waals surface area contributed by atoms with Gasteiger partial charge in [-0.25, -0.2) is 0 Å². The number of nitro groups is 1. The molecule has 0 saturated carbocycles. The van der Waals surface area contributed by atoms with E-state index in [1.54, 1.807) is 32.2 Å². The molecule has 2 aromatic carbocycles. The monoisotopic (exact) mass is 311 g/mol. The lowest BCUT2D eigenvalue weighted by Crippen LogP contribution is -1.91. The molecule has 1 heterocycles. The highest BCUT2D eigenvalue weighted by molar-refractivity contribution is 5.63. The quantitative estimate of drug-likeness (QED) is 0.539. The van der Waals surface area contributed by atoms with Crippen molar-refractivity contribution in [3.8, 4) is 28.6 Å². The number of hydrogen-bond acceptors (Lipinski definition) is 6. The number of ether oxygens (including phenoxy) is 1. The second-order valence-electron chi connectivity index (χ2n) is 4.91. The maximum Gasteiger partial charge on any atom is 0.272 e. The molecular weight excluding hydrogens is 298 g/mol. The maximum atomic E-state index is 10.9. The minimum absolute atomic E-state index is 0.0567. The van der Waals surface area contributed by atoms with Crippen LogP contribution in [0.3, 0.4) is 0 Å².